The van der Waals surface area contributed by atoms with Crippen molar-refractivity contribution < 1.29 is 4.79 Å². The number of aryl methyl sites for hydroxylation is 1. The monoisotopic (exact) mass is 338 g/mol. The highest BCUT2D eigenvalue weighted by atomic mass is 16.1. The van der Waals surface area contributed by atoms with E-state index in [9.17, 15) is 4.79 Å². The van der Waals surface area contributed by atoms with Crippen LogP contribution in [-0.4, -0.2) is 12.5 Å². The Balaban J connectivity index is 1.99. The maximum atomic E-state index is 12.3. The minimum Gasteiger partial charge on any atom is -0.325 e. The molecule has 0 bridgehead atoms. The van der Waals surface area contributed by atoms with E-state index in [-0.39, 0.29) is 11.9 Å². The van der Waals surface area contributed by atoms with Crippen LogP contribution in [0.15, 0.2) is 48.5 Å². The van der Waals surface area contributed by atoms with Gasteiger partial charge in [-0.25, -0.2) is 0 Å². The summed E-state index contributed by atoms with van der Waals surface area (Å²) in [6, 6.07) is 16.7. The number of carbonyl (C=O) groups excluding carboxylic acids is 1. The molecule has 0 aromatic heterocycles. The van der Waals surface area contributed by atoms with Gasteiger partial charge in [0.25, 0.3) is 0 Å². The summed E-state index contributed by atoms with van der Waals surface area (Å²) >= 11 is 0. The van der Waals surface area contributed by atoms with Crippen molar-refractivity contribution in [2.45, 2.75) is 46.6 Å². The summed E-state index contributed by atoms with van der Waals surface area (Å²) in [5, 5.41) is 6.39. The van der Waals surface area contributed by atoms with Crippen LogP contribution < -0.4 is 10.6 Å². The Bertz CT molecular complexity index is 689. The summed E-state index contributed by atoms with van der Waals surface area (Å²) in [4.78, 5) is 12.3. The lowest BCUT2D eigenvalue weighted by atomic mass is 9.93. The van der Waals surface area contributed by atoms with Crippen molar-refractivity contribution in [3.05, 3.63) is 65.2 Å². The smallest absolute Gasteiger partial charge is 0.238 e. The molecule has 2 aromatic carbocycles. The van der Waals surface area contributed by atoms with Gasteiger partial charge in [0.2, 0.25) is 5.91 Å². The Morgan fingerprint density at radius 3 is 2.08 bits per heavy atom. The van der Waals surface area contributed by atoms with Crippen LogP contribution >= 0.6 is 0 Å². The number of carbonyl (C=O) groups is 1. The van der Waals surface area contributed by atoms with Crippen LogP contribution in [0.5, 0.6) is 0 Å². The largest absolute Gasteiger partial charge is 0.325 e. The lowest BCUT2D eigenvalue weighted by Crippen LogP contribution is -2.33. The van der Waals surface area contributed by atoms with E-state index in [0.717, 1.165) is 11.3 Å². The first-order valence-electron chi connectivity index (χ1n) is 9.07. The summed E-state index contributed by atoms with van der Waals surface area (Å²) in [6.07, 6.45) is 0. The molecule has 25 heavy (non-hydrogen) atoms. The molecule has 0 fully saturated rings. The Morgan fingerprint density at radius 2 is 1.52 bits per heavy atom. The van der Waals surface area contributed by atoms with Crippen molar-refractivity contribution in [2.24, 2.45) is 5.92 Å². The summed E-state index contributed by atoms with van der Waals surface area (Å²) in [5.74, 6) is 0.911. The van der Waals surface area contributed by atoms with Crippen molar-refractivity contribution in [1.82, 2.24) is 5.32 Å². The van der Waals surface area contributed by atoms with Gasteiger partial charge in [0.05, 0.1) is 6.54 Å². The van der Waals surface area contributed by atoms with Gasteiger partial charge in [0.15, 0.2) is 0 Å². The molecule has 1 atom stereocenters. The number of nitrogens with one attached hydrogen (secondary N) is 2. The molecule has 0 aliphatic rings. The molecule has 0 heterocycles. The Kier molecular flexibility index (Phi) is 6.77. The number of amides is 1. The normalized spacial score (nSPS) is 12.4. The van der Waals surface area contributed by atoms with Crippen LogP contribution in [0.4, 0.5) is 5.69 Å². The summed E-state index contributed by atoms with van der Waals surface area (Å²) < 4.78 is 0. The van der Waals surface area contributed by atoms with Crippen LogP contribution in [0.1, 0.15) is 56.3 Å². The minimum atomic E-state index is -0.0150. The molecule has 0 saturated heterocycles. The quantitative estimate of drug-likeness (QED) is 0.742. The number of para-hydroxylation sites is 1. The van der Waals surface area contributed by atoms with Gasteiger partial charge < -0.3 is 10.6 Å². The van der Waals surface area contributed by atoms with Gasteiger partial charge >= 0.3 is 0 Å². The van der Waals surface area contributed by atoms with Crippen molar-refractivity contribution in [2.75, 3.05) is 11.9 Å². The van der Waals surface area contributed by atoms with Crippen molar-refractivity contribution in [3.8, 4) is 0 Å². The predicted molar refractivity (Wildman–Crippen MR) is 106 cm³/mol. The maximum absolute atomic E-state index is 12.3. The molecule has 0 radical (unpaired) electrons. The van der Waals surface area contributed by atoms with E-state index in [4.69, 9.17) is 0 Å². The van der Waals surface area contributed by atoms with E-state index in [2.05, 4.69) is 62.6 Å². The number of anilines is 1. The Morgan fingerprint density at radius 1 is 0.920 bits per heavy atom. The number of hydrogen-bond donors (Lipinski definition) is 2. The van der Waals surface area contributed by atoms with Crippen molar-refractivity contribution >= 4 is 11.6 Å². The van der Waals surface area contributed by atoms with Crippen LogP contribution in [0.3, 0.4) is 0 Å². The van der Waals surface area contributed by atoms with Gasteiger partial charge in [0, 0.05) is 11.7 Å². The fraction of sp³-hybridized carbons (Fsp3) is 0.409. The molecule has 0 spiro atoms. The summed E-state index contributed by atoms with van der Waals surface area (Å²) in [6.45, 7) is 11.0. The van der Waals surface area contributed by atoms with Gasteiger partial charge in [-0.15, -0.1) is 0 Å². The topological polar surface area (TPSA) is 41.1 Å². The lowest BCUT2D eigenvalue weighted by molar-refractivity contribution is -0.115. The SMILES string of the molecule is Cc1ccccc1NC(=O)CN[C@H](c1ccc(C(C)C)cc1)C(C)C. The number of hydrogen-bond acceptors (Lipinski definition) is 2. The molecule has 0 saturated carbocycles. The Hall–Kier alpha value is -2.13. The van der Waals surface area contributed by atoms with Gasteiger partial charge in [-0.2, -0.15) is 0 Å². The first-order valence-corrected chi connectivity index (χ1v) is 9.07. The van der Waals surface area contributed by atoms with Crippen LogP contribution in [-0.2, 0) is 4.79 Å². The number of rotatable bonds is 7. The standard InChI is InChI=1S/C22H30N2O/c1-15(2)18-10-12-19(13-11-18)22(16(3)4)23-14-21(25)24-20-9-7-6-8-17(20)5/h6-13,15-16,22-23H,14H2,1-5H3,(H,24,25)/t22-/m0/s1. The van der Waals surface area contributed by atoms with Gasteiger partial charge in [-0.05, 0) is 41.5 Å². The molecule has 2 N–H and O–H groups in total. The molecule has 0 aliphatic carbocycles. The maximum Gasteiger partial charge on any atom is 0.238 e. The lowest BCUT2D eigenvalue weighted by Gasteiger charge is -2.23. The van der Waals surface area contributed by atoms with E-state index < -0.39 is 0 Å². The fourth-order valence-corrected chi connectivity index (χ4v) is 2.94. The van der Waals surface area contributed by atoms with Crippen LogP contribution in [0.25, 0.3) is 0 Å². The van der Waals surface area contributed by atoms with Crippen molar-refractivity contribution in [3.63, 3.8) is 0 Å². The third-order valence-electron chi connectivity index (χ3n) is 4.53. The molecule has 134 valence electrons. The van der Waals surface area contributed by atoms with E-state index >= 15 is 0 Å². The third kappa shape index (κ3) is 5.43. The predicted octanol–water partition coefficient (Wildman–Crippen LogP) is 5.04. The van der Waals surface area contributed by atoms with Gasteiger partial charge in [0.1, 0.15) is 0 Å². The zero-order valence-electron chi connectivity index (χ0n) is 16.0. The molecule has 3 heteroatoms. The summed E-state index contributed by atoms with van der Waals surface area (Å²) in [7, 11) is 0. The van der Waals surface area contributed by atoms with E-state index in [1.54, 1.807) is 0 Å². The Labute approximate surface area is 151 Å². The minimum absolute atomic E-state index is 0.0150. The van der Waals surface area contributed by atoms with Crippen LogP contribution in [0, 0.1) is 12.8 Å². The van der Waals surface area contributed by atoms with Gasteiger partial charge in [-0.1, -0.05) is 70.2 Å². The highest BCUT2D eigenvalue weighted by molar-refractivity contribution is 5.92. The molecule has 2 rings (SSSR count). The molecule has 3 nitrogen and oxygen atoms in total. The number of benzene rings is 2. The second-order valence-electron chi connectivity index (χ2n) is 7.29. The first kappa shape index (κ1) is 19.2. The molecule has 0 aliphatic heterocycles. The van der Waals surface area contributed by atoms with E-state index in [1.165, 1.54) is 11.1 Å². The highest BCUT2D eigenvalue weighted by Crippen LogP contribution is 2.24. The fourth-order valence-electron chi connectivity index (χ4n) is 2.94. The zero-order chi connectivity index (χ0) is 18.4. The third-order valence-corrected chi connectivity index (χ3v) is 4.53. The highest BCUT2D eigenvalue weighted by Gasteiger charge is 2.17. The molecule has 0 unspecified atom stereocenters. The van der Waals surface area contributed by atoms with E-state index in [1.807, 2.05) is 31.2 Å². The average molecular weight is 338 g/mol. The van der Waals surface area contributed by atoms with Gasteiger partial charge in [-0.3, -0.25) is 4.79 Å². The molecular weight excluding hydrogens is 308 g/mol. The average Bonchev–Trinajstić information content (AvgIpc) is 2.57. The molecule has 2 aromatic rings. The van der Waals surface area contributed by atoms with Crippen LogP contribution in [0.2, 0.25) is 0 Å². The molecular formula is C22H30N2O. The molecule has 1 amide bonds. The second-order valence-corrected chi connectivity index (χ2v) is 7.29. The van der Waals surface area contributed by atoms with E-state index in [0.29, 0.717) is 18.4 Å². The zero-order valence-corrected chi connectivity index (χ0v) is 16.0. The first-order chi connectivity index (χ1) is 11.9. The second kappa shape index (κ2) is 8.82. The summed E-state index contributed by atoms with van der Waals surface area (Å²) in [5.41, 5.74) is 4.50. The van der Waals surface area contributed by atoms with Crippen molar-refractivity contribution in [1.29, 1.82) is 0 Å².